The highest BCUT2D eigenvalue weighted by molar-refractivity contribution is 7.08. The summed E-state index contributed by atoms with van der Waals surface area (Å²) in [4.78, 5) is 0. The zero-order valence-corrected chi connectivity index (χ0v) is 16.6. The topological polar surface area (TPSA) is 18.5 Å². The predicted octanol–water partition coefficient (Wildman–Crippen LogP) is 7.23. The number of unbranched alkanes of at least 4 members (excludes halogenated alkanes) is 8. The highest BCUT2D eigenvalue weighted by Crippen LogP contribution is 2.41. The lowest BCUT2D eigenvalue weighted by atomic mass is 9.79. The van der Waals surface area contributed by atoms with Gasteiger partial charge >= 0.3 is 0 Å². The number of ether oxygens (including phenoxy) is 2. The van der Waals surface area contributed by atoms with Gasteiger partial charge in [0.1, 0.15) is 0 Å². The van der Waals surface area contributed by atoms with E-state index in [-0.39, 0.29) is 5.41 Å². The second-order valence-corrected chi connectivity index (χ2v) is 8.25. The largest absolute Gasteiger partial charge is 0.488 e. The molecule has 0 aromatic carbocycles. The second-order valence-electron chi connectivity index (χ2n) is 7.51. The Labute approximate surface area is 152 Å². The van der Waals surface area contributed by atoms with E-state index in [4.69, 9.17) is 9.47 Å². The molecule has 1 aliphatic rings. The molecule has 0 amide bonds. The second kappa shape index (κ2) is 11.0. The molecule has 2 heterocycles. The molecular formula is C21H36O2S. The van der Waals surface area contributed by atoms with Crippen molar-refractivity contribution in [2.45, 2.75) is 90.9 Å². The van der Waals surface area contributed by atoms with Crippen LogP contribution in [-0.4, -0.2) is 13.2 Å². The van der Waals surface area contributed by atoms with Gasteiger partial charge in [0.2, 0.25) is 0 Å². The number of hydrogen-bond acceptors (Lipinski definition) is 3. The number of rotatable bonds is 12. The first-order valence-electron chi connectivity index (χ1n) is 10.1. The van der Waals surface area contributed by atoms with Crippen molar-refractivity contribution in [1.82, 2.24) is 0 Å². The molecule has 2 nitrogen and oxygen atoms in total. The van der Waals surface area contributed by atoms with Gasteiger partial charge < -0.3 is 9.47 Å². The van der Waals surface area contributed by atoms with Gasteiger partial charge in [-0.1, -0.05) is 78.1 Å². The van der Waals surface area contributed by atoms with E-state index in [9.17, 15) is 0 Å². The molecule has 0 spiro atoms. The summed E-state index contributed by atoms with van der Waals surface area (Å²) in [5.74, 6) is 1.91. The molecule has 0 radical (unpaired) electrons. The first-order chi connectivity index (χ1) is 11.8. The Kier molecular flexibility index (Phi) is 9.01. The molecule has 24 heavy (non-hydrogen) atoms. The minimum atomic E-state index is 0.217. The van der Waals surface area contributed by atoms with Crippen molar-refractivity contribution in [2.24, 2.45) is 5.41 Å². The van der Waals surface area contributed by atoms with E-state index in [1.807, 2.05) is 0 Å². The highest BCUT2D eigenvalue weighted by atomic mass is 32.1. The summed E-state index contributed by atoms with van der Waals surface area (Å²) < 4.78 is 12.3. The van der Waals surface area contributed by atoms with Crippen LogP contribution < -0.4 is 9.47 Å². The lowest BCUT2D eigenvalue weighted by Crippen LogP contribution is -2.33. The monoisotopic (exact) mass is 352 g/mol. The summed E-state index contributed by atoms with van der Waals surface area (Å²) in [7, 11) is 0. The molecule has 0 N–H and O–H groups in total. The molecule has 1 aromatic heterocycles. The van der Waals surface area contributed by atoms with E-state index in [0.717, 1.165) is 24.7 Å². The summed E-state index contributed by atoms with van der Waals surface area (Å²) in [5.41, 5.74) is 0.217. The van der Waals surface area contributed by atoms with Crippen molar-refractivity contribution in [2.75, 3.05) is 13.2 Å². The third-order valence-electron chi connectivity index (χ3n) is 5.28. The van der Waals surface area contributed by atoms with Crippen LogP contribution in [0.2, 0.25) is 0 Å². The van der Waals surface area contributed by atoms with E-state index in [1.165, 1.54) is 77.0 Å². The van der Waals surface area contributed by atoms with Crippen LogP contribution in [0.4, 0.5) is 0 Å². The Morgan fingerprint density at radius 3 is 1.67 bits per heavy atom. The van der Waals surface area contributed by atoms with Crippen LogP contribution in [0.3, 0.4) is 0 Å². The van der Waals surface area contributed by atoms with E-state index >= 15 is 0 Å². The van der Waals surface area contributed by atoms with E-state index in [0.29, 0.717) is 0 Å². The molecule has 0 saturated carbocycles. The van der Waals surface area contributed by atoms with Gasteiger partial charge in [0.05, 0.1) is 13.2 Å². The fourth-order valence-electron chi connectivity index (χ4n) is 3.61. The Morgan fingerprint density at radius 2 is 1.21 bits per heavy atom. The first kappa shape index (κ1) is 19.6. The van der Waals surface area contributed by atoms with Crippen molar-refractivity contribution in [1.29, 1.82) is 0 Å². The summed E-state index contributed by atoms with van der Waals surface area (Å²) >= 11 is 1.67. The van der Waals surface area contributed by atoms with Crippen LogP contribution in [0.15, 0.2) is 10.8 Å². The van der Waals surface area contributed by atoms with Crippen LogP contribution >= 0.6 is 11.3 Å². The predicted molar refractivity (Wildman–Crippen MR) is 104 cm³/mol. The minimum Gasteiger partial charge on any atom is -0.488 e. The summed E-state index contributed by atoms with van der Waals surface area (Å²) in [5, 5.41) is 4.15. The normalized spacial score (nSPS) is 16.1. The molecule has 0 aliphatic carbocycles. The summed E-state index contributed by atoms with van der Waals surface area (Å²) in [6, 6.07) is 0. The van der Waals surface area contributed by atoms with Gasteiger partial charge in [0.15, 0.2) is 11.5 Å². The molecule has 0 unspecified atom stereocenters. The van der Waals surface area contributed by atoms with Crippen LogP contribution in [0.25, 0.3) is 0 Å². The summed E-state index contributed by atoms with van der Waals surface area (Å²) in [6.45, 7) is 6.22. The van der Waals surface area contributed by atoms with Gasteiger partial charge in [0, 0.05) is 16.2 Å². The Morgan fingerprint density at radius 1 is 0.750 bits per heavy atom. The average Bonchev–Trinajstić information content (AvgIpc) is 2.98. The third-order valence-corrected chi connectivity index (χ3v) is 5.98. The van der Waals surface area contributed by atoms with Gasteiger partial charge in [-0.3, -0.25) is 0 Å². The maximum absolute atomic E-state index is 6.15. The zero-order chi connectivity index (χ0) is 17.1. The maximum atomic E-state index is 6.15. The molecule has 138 valence electrons. The van der Waals surface area contributed by atoms with Gasteiger partial charge in [-0.25, -0.2) is 0 Å². The van der Waals surface area contributed by atoms with Crippen LogP contribution in [0.5, 0.6) is 11.5 Å². The summed E-state index contributed by atoms with van der Waals surface area (Å²) in [6.07, 6.45) is 15.9. The fraction of sp³-hybridized carbons (Fsp3) is 0.810. The maximum Gasteiger partial charge on any atom is 0.171 e. The molecule has 0 saturated heterocycles. The van der Waals surface area contributed by atoms with E-state index in [1.54, 1.807) is 11.3 Å². The van der Waals surface area contributed by atoms with Crippen LogP contribution in [0.1, 0.15) is 90.9 Å². The quantitative estimate of drug-likeness (QED) is 0.369. The molecule has 0 atom stereocenters. The van der Waals surface area contributed by atoms with Gasteiger partial charge in [-0.05, 0) is 12.8 Å². The third kappa shape index (κ3) is 6.31. The molecule has 2 rings (SSSR count). The SMILES string of the molecule is CCCCCCCC1(CCCCCCC)COc2cscc2OC1. The van der Waals surface area contributed by atoms with E-state index < -0.39 is 0 Å². The van der Waals surface area contributed by atoms with E-state index in [2.05, 4.69) is 24.6 Å². The van der Waals surface area contributed by atoms with Crippen LogP contribution in [-0.2, 0) is 0 Å². The number of fused-ring (bicyclic) bond motifs is 1. The molecular weight excluding hydrogens is 316 g/mol. The smallest absolute Gasteiger partial charge is 0.171 e. The Bertz CT molecular complexity index is 402. The van der Waals surface area contributed by atoms with Crippen LogP contribution in [0, 0.1) is 5.41 Å². The number of thiophene rings is 1. The standard InChI is InChI=1S/C21H36O2S/c1-3-5-7-9-11-13-21(14-12-10-8-6-4-2)17-22-19-15-24-16-20(19)23-18-21/h15-16H,3-14,17-18H2,1-2H3. The highest BCUT2D eigenvalue weighted by Gasteiger charge is 2.34. The van der Waals surface area contributed by atoms with Crippen molar-refractivity contribution in [3.05, 3.63) is 10.8 Å². The minimum absolute atomic E-state index is 0.217. The number of hydrogen-bond donors (Lipinski definition) is 0. The van der Waals surface area contributed by atoms with Gasteiger partial charge in [-0.15, -0.1) is 11.3 Å². The molecule has 0 bridgehead atoms. The molecule has 1 aromatic rings. The van der Waals surface area contributed by atoms with Gasteiger partial charge in [0.25, 0.3) is 0 Å². The van der Waals surface area contributed by atoms with Crippen molar-refractivity contribution in [3.8, 4) is 11.5 Å². The Hall–Kier alpha value is -0.700. The fourth-order valence-corrected chi connectivity index (χ4v) is 4.29. The van der Waals surface area contributed by atoms with Crippen molar-refractivity contribution < 1.29 is 9.47 Å². The lowest BCUT2D eigenvalue weighted by molar-refractivity contribution is 0.0782. The average molecular weight is 353 g/mol. The van der Waals surface area contributed by atoms with Crippen molar-refractivity contribution >= 4 is 11.3 Å². The molecule has 1 aliphatic heterocycles. The van der Waals surface area contributed by atoms with Gasteiger partial charge in [-0.2, -0.15) is 0 Å². The van der Waals surface area contributed by atoms with Crippen molar-refractivity contribution in [3.63, 3.8) is 0 Å². The molecule has 3 heteroatoms. The lowest BCUT2D eigenvalue weighted by Gasteiger charge is -2.31. The zero-order valence-electron chi connectivity index (χ0n) is 15.8. The molecule has 0 fully saturated rings. The first-order valence-corrected chi connectivity index (χ1v) is 11.1. The Balaban J connectivity index is 1.84.